The number of likely N-dealkylation sites (N-methyl/N-ethyl adjacent to an activating group) is 1. The summed E-state index contributed by atoms with van der Waals surface area (Å²) < 4.78 is 5.42. The van der Waals surface area contributed by atoms with E-state index in [4.69, 9.17) is 4.74 Å². The minimum atomic E-state index is -0.535. The Morgan fingerprint density at radius 2 is 1.82 bits per heavy atom. The van der Waals surface area contributed by atoms with Crippen molar-refractivity contribution in [1.82, 2.24) is 20.0 Å². The number of carbonyl (C=O) groups is 2. The summed E-state index contributed by atoms with van der Waals surface area (Å²) in [5, 5.41) is 11.8. The van der Waals surface area contributed by atoms with Gasteiger partial charge in [0, 0.05) is 54.3 Å². The number of rotatable bonds is 4. The van der Waals surface area contributed by atoms with Crippen LogP contribution >= 0.6 is 0 Å². The molecule has 7 rings (SSSR count). The molecule has 0 radical (unpaired) electrons. The van der Waals surface area contributed by atoms with Gasteiger partial charge in [0.05, 0.1) is 23.7 Å². The van der Waals surface area contributed by atoms with Crippen LogP contribution in [0, 0.1) is 0 Å². The zero-order valence-corrected chi connectivity index (χ0v) is 21.5. The largest absolute Gasteiger partial charge is 0.497 e. The van der Waals surface area contributed by atoms with E-state index in [9.17, 15) is 9.59 Å². The van der Waals surface area contributed by atoms with Crippen LogP contribution in [-0.4, -0.2) is 72.1 Å². The van der Waals surface area contributed by atoms with Crippen LogP contribution in [0.2, 0.25) is 0 Å². The van der Waals surface area contributed by atoms with Gasteiger partial charge in [-0.1, -0.05) is 24.3 Å². The lowest BCUT2D eigenvalue weighted by molar-refractivity contribution is -0.118. The number of fused-ring (bicyclic) bond motifs is 3. The van der Waals surface area contributed by atoms with E-state index in [1.807, 2.05) is 47.4 Å². The zero-order valence-electron chi connectivity index (χ0n) is 21.5. The Bertz CT molecular complexity index is 1590. The monoisotopic (exact) mass is 507 g/mol. The lowest BCUT2D eigenvalue weighted by Gasteiger charge is -2.32. The molecule has 3 aliphatic rings. The summed E-state index contributed by atoms with van der Waals surface area (Å²) in [5.74, 6) is 0.999. The number of methoxy groups -OCH3 is 1. The first kappa shape index (κ1) is 23.0. The molecule has 2 fully saturated rings. The fraction of sp³-hybridized carbons (Fsp3) is 0.300. The van der Waals surface area contributed by atoms with E-state index in [1.54, 1.807) is 7.11 Å². The smallest absolute Gasteiger partial charge is 0.253 e. The van der Waals surface area contributed by atoms with Crippen molar-refractivity contribution >= 4 is 28.4 Å². The van der Waals surface area contributed by atoms with Crippen LogP contribution in [0.1, 0.15) is 33.8 Å². The molecule has 38 heavy (non-hydrogen) atoms. The maximum Gasteiger partial charge on any atom is 0.253 e. The fourth-order valence-corrected chi connectivity index (χ4v) is 6.14. The van der Waals surface area contributed by atoms with Gasteiger partial charge in [-0.2, -0.15) is 5.10 Å². The van der Waals surface area contributed by atoms with Crippen LogP contribution < -0.4 is 10.1 Å². The van der Waals surface area contributed by atoms with Gasteiger partial charge in [0.1, 0.15) is 5.75 Å². The van der Waals surface area contributed by atoms with E-state index in [-0.39, 0.29) is 17.7 Å². The number of piperazine rings is 1. The molecule has 8 heteroatoms. The second-order valence-electron chi connectivity index (χ2n) is 10.6. The molecule has 4 aromatic rings. The number of carbonyl (C=O) groups excluding carboxylic acids is 2. The molecule has 1 aliphatic carbocycles. The second kappa shape index (κ2) is 8.43. The van der Waals surface area contributed by atoms with Gasteiger partial charge in [-0.3, -0.25) is 14.7 Å². The summed E-state index contributed by atoms with van der Waals surface area (Å²) >= 11 is 0. The van der Waals surface area contributed by atoms with E-state index in [2.05, 4.69) is 45.7 Å². The lowest BCUT2D eigenvalue weighted by Crippen LogP contribution is -2.47. The highest BCUT2D eigenvalue weighted by Gasteiger charge is 2.65. The number of aromatic amines is 1. The van der Waals surface area contributed by atoms with Crippen molar-refractivity contribution in [2.75, 3.05) is 45.7 Å². The molecule has 3 aromatic carbocycles. The standard InChI is InChI=1S/C30H29N5O3/c1-34-11-13-35(14-12-34)28(36)19-5-3-18(4-6-19)27-22-9-7-20(15-26(22)32-33-27)24-17-30(24)23-16-21(38-2)8-10-25(23)31-29(30)37/h3-10,15-16,24H,11-14,17H2,1-2H3,(H,31,37)(H,32,33)/t24-,30?/m0/s1. The number of nitrogens with zero attached hydrogens (tertiary/aromatic N) is 3. The Balaban J connectivity index is 1.14. The molecule has 1 unspecified atom stereocenters. The average molecular weight is 508 g/mol. The van der Waals surface area contributed by atoms with Crippen LogP contribution in [0.4, 0.5) is 5.69 Å². The van der Waals surface area contributed by atoms with Gasteiger partial charge in [0.2, 0.25) is 5.91 Å². The number of nitrogens with one attached hydrogen (secondary N) is 2. The molecule has 1 saturated carbocycles. The molecular formula is C30H29N5O3. The number of benzene rings is 3. The van der Waals surface area contributed by atoms with Crippen LogP contribution in [0.25, 0.3) is 22.2 Å². The van der Waals surface area contributed by atoms with Gasteiger partial charge < -0.3 is 19.9 Å². The summed E-state index contributed by atoms with van der Waals surface area (Å²) in [6.07, 6.45) is 0.772. The quantitative estimate of drug-likeness (QED) is 0.436. The molecule has 192 valence electrons. The van der Waals surface area contributed by atoms with Crippen LogP contribution in [-0.2, 0) is 10.2 Å². The van der Waals surface area contributed by atoms with E-state index in [0.29, 0.717) is 5.56 Å². The number of aromatic nitrogens is 2. The molecule has 8 nitrogen and oxygen atoms in total. The van der Waals surface area contributed by atoms with E-state index in [1.165, 1.54) is 0 Å². The lowest BCUT2D eigenvalue weighted by atomic mass is 9.91. The Hall–Kier alpha value is -4.17. The number of anilines is 1. The minimum absolute atomic E-state index is 0.0577. The molecule has 2 atom stereocenters. The fourth-order valence-electron chi connectivity index (χ4n) is 6.14. The van der Waals surface area contributed by atoms with Crippen molar-refractivity contribution < 1.29 is 14.3 Å². The van der Waals surface area contributed by atoms with E-state index >= 15 is 0 Å². The summed E-state index contributed by atoms with van der Waals surface area (Å²) in [6, 6.07) is 19.8. The Kier molecular flexibility index (Phi) is 5.10. The van der Waals surface area contributed by atoms with Crippen molar-refractivity contribution in [2.24, 2.45) is 0 Å². The molecule has 2 aliphatic heterocycles. The van der Waals surface area contributed by atoms with E-state index in [0.717, 1.165) is 77.3 Å². The predicted molar refractivity (Wildman–Crippen MR) is 146 cm³/mol. The molecular weight excluding hydrogens is 478 g/mol. The number of ether oxygens (including phenoxy) is 1. The average Bonchev–Trinajstić information content (AvgIpc) is 3.47. The Morgan fingerprint density at radius 1 is 1.03 bits per heavy atom. The van der Waals surface area contributed by atoms with Gasteiger partial charge in [-0.15, -0.1) is 0 Å². The third-order valence-electron chi connectivity index (χ3n) is 8.51. The third-order valence-corrected chi connectivity index (χ3v) is 8.51. The predicted octanol–water partition coefficient (Wildman–Crippen LogP) is 4.00. The highest BCUT2D eigenvalue weighted by Crippen LogP contribution is 2.65. The first-order valence-electron chi connectivity index (χ1n) is 13.0. The normalized spacial score (nSPS) is 22.5. The molecule has 3 heterocycles. The van der Waals surface area contributed by atoms with Crippen LogP contribution in [0.5, 0.6) is 5.75 Å². The number of hydrogen-bond donors (Lipinski definition) is 2. The van der Waals surface area contributed by atoms with Crippen molar-refractivity contribution in [3.8, 4) is 17.0 Å². The Labute approximate surface area is 220 Å². The molecule has 1 saturated heterocycles. The second-order valence-corrected chi connectivity index (χ2v) is 10.6. The van der Waals surface area contributed by atoms with Gasteiger partial charge in [-0.05, 0) is 61.0 Å². The summed E-state index contributed by atoms with van der Waals surface area (Å²) in [4.78, 5) is 30.1. The SMILES string of the molecule is COc1ccc2c(c1)C1(C[C@H]1c1ccc3c(-c4ccc(C(=O)N5CCN(C)CC5)cc4)n[nH]c3c1)C(=O)N2. The van der Waals surface area contributed by atoms with Gasteiger partial charge in [-0.25, -0.2) is 0 Å². The van der Waals surface area contributed by atoms with Gasteiger partial charge in [0.15, 0.2) is 0 Å². The van der Waals surface area contributed by atoms with Crippen molar-refractivity contribution in [3.05, 3.63) is 77.4 Å². The first-order chi connectivity index (χ1) is 18.5. The first-order valence-corrected chi connectivity index (χ1v) is 13.0. The number of hydrogen-bond acceptors (Lipinski definition) is 5. The van der Waals surface area contributed by atoms with Crippen LogP contribution in [0.15, 0.2) is 60.7 Å². The van der Waals surface area contributed by atoms with Crippen molar-refractivity contribution in [3.63, 3.8) is 0 Å². The minimum Gasteiger partial charge on any atom is -0.497 e. The maximum atomic E-state index is 13.0. The maximum absolute atomic E-state index is 13.0. The molecule has 0 bridgehead atoms. The number of amides is 2. The highest BCUT2D eigenvalue weighted by atomic mass is 16.5. The van der Waals surface area contributed by atoms with Gasteiger partial charge in [0.25, 0.3) is 5.91 Å². The molecule has 2 amide bonds. The van der Waals surface area contributed by atoms with E-state index < -0.39 is 5.41 Å². The zero-order chi connectivity index (χ0) is 26.0. The van der Waals surface area contributed by atoms with Crippen molar-refractivity contribution in [1.29, 1.82) is 0 Å². The molecule has 1 aromatic heterocycles. The molecule has 1 spiro atoms. The topological polar surface area (TPSA) is 90.6 Å². The summed E-state index contributed by atoms with van der Waals surface area (Å²) in [6.45, 7) is 3.32. The summed E-state index contributed by atoms with van der Waals surface area (Å²) in [5.41, 5.74) is 5.91. The molecule has 2 N–H and O–H groups in total. The van der Waals surface area contributed by atoms with Crippen molar-refractivity contribution in [2.45, 2.75) is 17.8 Å². The van der Waals surface area contributed by atoms with Gasteiger partial charge >= 0.3 is 0 Å². The summed E-state index contributed by atoms with van der Waals surface area (Å²) in [7, 11) is 3.73. The van der Waals surface area contributed by atoms with Crippen LogP contribution in [0.3, 0.4) is 0 Å². The third kappa shape index (κ3) is 3.44. The Morgan fingerprint density at radius 3 is 2.58 bits per heavy atom. The highest BCUT2D eigenvalue weighted by molar-refractivity contribution is 6.10. The number of H-pyrrole nitrogens is 1.